The lowest BCUT2D eigenvalue weighted by Crippen LogP contribution is -2.27. The number of hydrogen-bond donors (Lipinski definition) is 0. The number of amides is 1. The number of nitrogens with zero attached hydrogens (tertiary/aromatic N) is 3. The van der Waals surface area contributed by atoms with Gasteiger partial charge < -0.3 is 18.9 Å². The lowest BCUT2D eigenvalue weighted by Gasteiger charge is -2.17. The Morgan fingerprint density at radius 1 is 1.23 bits per heavy atom. The number of rotatable bonds is 8. The highest BCUT2D eigenvalue weighted by molar-refractivity contribution is 6.76. The maximum atomic E-state index is 12.2. The third-order valence-electron chi connectivity index (χ3n) is 5.23. The fourth-order valence-electron chi connectivity index (χ4n) is 3.48. The Balaban J connectivity index is 1.86. The Labute approximate surface area is 179 Å². The number of carbonyl (C=O) groups is 2. The van der Waals surface area contributed by atoms with Crippen molar-refractivity contribution in [3.05, 3.63) is 35.7 Å². The lowest BCUT2D eigenvalue weighted by molar-refractivity contribution is -0.118. The van der Waals surface area contributed by atoms with E-state index >= 15 is 0 Å². The van der Waals surface area contributed by atoms with Gasteiger partial charge in [-0.15, -0.1) is 0 Å². The van der Waals surface area contributed by atoms with Gasteiger partial charge in [0.2, 0.25) is 5.91 Å². The standard InChI is InChI=1S/C22H31N3O4Si/c1-6-20(26)25-10-9-16-13-17(7-8-19(16)25)21-23-18(22(27)28-2)14-24(21)15-29-11-12-30(3,4)5/h7-8,13-14H,6,9-12,15H2,1-5H3. The van der Waals surface area contributed by atoms with Crippen molar-refractivity contribution in [2.24, 2.45) is 0 Å². The molecule has 2 aromatic rings. The molecule has 162 valence electrons. The number of esters is 1. The van der Waals surface area contributed by atoms with Crippen LogP contribution in [0.3, 0.4) is 0 Å². The molecule has 0 spiro atoms. The Morgan fingerprint density at radius 2 is 2.00 bits per heavy atom. The van der Waals surface area contributed by atoms with Crippen LogP contribution < -0.4 is 4.90 Å². The van der Waals surface area contributed by atoms with E-state index in [2.05, 4.69) is 30.7 Å². The van der Waals surface area contributed by atoms with Crippen LogP contribution >= 0.6 is 0 Å². The van der Waals surface area contributed by atoms with Crippen molar-refractivity contribution in [1.82, 2.24) is 9.55 Å². The van der Waals surface area contributed by atoms with Gasteiger partial charge in [0, 0.05) is 45.1 Å². The van der Waals surface area contributed by atoms with E-state index in [-0.39, 0.29) is 11.6 Å². The average molecular weight is 430 g/mol. The summed E-state index contributed by atoms with van der Waals surface area (Å²) in [7, 11) is 0.169. The van der Waals surface area contributed by atoms with Crippen LogP contribution in [-0.2, 0) is 27.4 Å². The molecule has 7 nitrogen and oxygen atoms in total. The Hall–Kier alpha value is -2.45. The molecule has 1 aromatic heterocycles. The summed E-state index contributed by atoms with van der Waals surface area (Å²) in [5.74, 6) is 0.316. The molecule has 0 atom stereocenters. The van der Waals surface area contributed by atoms with E-state index < -0.39 is 14.0 Å². The number of imidazole rings is 1. The number of anilines is 1. The van der Waals surface area contributed by atoms with Crippen molar-refractivity contribution in [3.63, 3.8) is 0 Å². The van der Waals surface area contributed by atoms with E-state index in [9.17, 15) is 9.59 Å². The molecule has 1 aliphatic heterocycles. The summed E-state index contributed by atoms with van der Waals surface area (Å²) in [5, 5.41) is 0. The molecular formula is C22H31N3O4Si. The first-order valence-corrected chi connectivity index (χ1v) is 14.1. The second-order valence-electron chi connectivity index (χ2n) is 8.75. The number of aromatic nitrogens is 2. The third kappa shape index (κ3) is 4.99. The van der Waals surface area contributed by atoms with E-state index in [1.165, 1.54) is 7.11 Å². The van der Waals surface area contributed by atoms with Gasteiger partial charge in [0.25, 0.3) is 0 Å². The molecule has 30 heavy (non-hydrogen) atoms. The zero-order chi connectivity index (χ0) is 21.9. The van der Waals surface area contributed by atoms with Crippen LogP contribution in [0.25, 0.3) is 11.4 Å². The highest BCUT2D eigenvalue weighted by atomic mass is 28.3. The van der Waals surface area contributed by atoms with Crippen LogP contribution in [0.5, 0.6) is 0 Å². The SMILES string of the molecule is CCC(=O)N1CCc2cc(-c3nc(C(=O)OC)cn3COCC[Si](C)(C)C)ccc21. The quantitative estimate of drug-likeness (QED) is 0.361. The monoisotopic (exact) mass is 429 g/mol. The van der Waals surface area contributed by atoms with E-state index in [4.69, 9.17) is 9.47 Å². The summed E-state index contributed by atoms with van der Waals surface area (Å²) in [5.41, 5.74) is 3.22. The summed E-state index contributed by atoms with van der Waals surface area (Å²) in [6, 6.07) is 7.04. The summed E-state index contributed by atoms with van der Waals surface area (Å²) in [6.07, 6.45) is 2.98. The number of carbonyl (C=O) groups excluding carboxylic acids is 2. The molecule has 1 amide bonds. The van der Waals surface area contributed by atoms with Gasteiger partial charge in [0.1, 0.15) is 12.6 Å². The summed E-state index contributed by atoms with van der Waals surface area (Å²) in [4.78, 5) is 30.5. The van der Waals surface area contributed by atoms with E-state index in [1.807, 2.05) is 28.5 Å². The molecule has 1 aliphatic rings. The summed E-state index contributed by atoms with van der Waals surface area (Å²) >= 11 is 0. The minimum atomic E-state index is -1.18. The maximum Gasteiger partial charge on any atom is 0.358 e. The number of benzene rings is 1. The smallest absolute Gasteiger partial charge is 0.358 e. The number of hydrogen-bond acceptors (Lipinski definition) is 5. The molecule has 0 N–H and O–H groups in total. The zero-order valence-electron chi connectivity index (χ0n) is 18.5. The zero-order valence-corrected chi connectivity index (χ0v) is 19.5. The molecule has 0 aliphatic carbocycles. The number of ether oxygens (including phenoxy) is 2. The minimum absolute atomic E-state index is 0.131. The number of methoxy groups -OCH3 is 1. The lowest BCUT2D eigenvalue weighted by atomic mass is 10.1. The van der Waals surface area contributed by atoms with Crippen LogP contribution in [0.4, 0.5) is 5.69 Å². The van der Waals surface area contributed by atoms with Crippen LogP contribution in [0.2, 0.25) is 25.7 Å². The third-order valence-corrected chi connectivity index (χ3v) is 6.94. The van der Waals surface area contributed by atoms with E-state index in [0.29, 0.717) is 32.1 Å². The molecule has 0 saturated heterocycles. The second-order valence-corrected chi connectivity index (χ2v) is 14.4. The first kappa shape index (κ1) is 22.2. The fourth-order valence-corrected chi connectivity index (χ4v) is 4.24. The molecule has 0 saturated carbocycles. The molecule has 3 rings (SSSR count). The maximum absolute atomic E-state index is 12.2. The van der Waals surface area contributed by atoms with Gasteiger partial charge >= 0.3 is 5.97 Å². The van der Waals surface area contributed by atoms with Crippen LogP contribution in [0.1, 0.15) is 29.4 Å². The van der Waals surface area contributed by atoms with Crippen molar-refractivity contribution in [2.75, 3.05) is 25.2 Å². The van der Waals surface area contributed by atoms with Crippen molar-refractivity contribution >= 4 is 25.6 Å². The van der Waals surface area contributed by atoms with Crippen molar-refractivity contribution in [2.45, 2.75) is 52.2 Å². The van der Waals surface area contributed by atoms with Crippen molar-refractivity contribution in [3.8, 4) is 11.4 Å². The summed E-state index contributed by atoms with van der Waals surface area (Å²) < 4.78 is 12.6. The topological polar surface area (TPSA) is 73.7 Å². The Kier molecular flexibility index (Phi) is 6.77. The molecule has 0 fully saturated rings. The van der Waals surface area contributed by atoms with Gasteiger partial charge in [-0.3, -0.25) is 4.79 Å². The van der Waals surface area contributed by atoms with Gasteiger partial charge in [0.05, 0.1) is 7.11 Å². The molecule has 0 unspecified atom stereocenters. The normalized spacial score (nSPS) is 13.4. The second kappa shape index (κ2) is 9.14. The molecule has 2 heterocycles. The number of fused-ring (bicyclic) bond motifs is 1. The Morgan fingerprint density at radius 3 is 2.67 bits per heavy atom. The highest BCUT2D eigenvalue weighted by Crippen LogP contribution is 2.32. The van der Waals surface area contributed by atoms with Gasteiger partial charge in [0.15, 0.2) is 5.69 Å². The van der Waals surface area contributed by atoms with Gasteiger partial charge in [-0.05, 0) is 36.2 Å². The Bertz CT molecular complexity index is 933. The molecular weight excluding hydrogens is 398 g/mol. The van der Waals surface area contributed by atoms with Gasteiger partial charge in [-0.25, -0.2) is 9.78 Å². The largest absolute Gasteiger partial charge is 0.464 e. The predicted molar refractivity (Wildman–Crippen MR) is 119 cm³/mol. The predicted octanol–water partition coefficient (Wildman–Crippen LogP) is 3.95. The van der Waals surface area contributed by atoms with Crippen molar-refractivity contribution < 1.29 is 19.1 Å². The molecule has 1 aromatic carbocycles. The van der Waals surface area contributed by atoms with Gasteiger partial charge in [-0.2, -0.15) is 0 Å². The van der Waals surface area contributed by atoms with Gasteiger partial charge in [-0.1, -0.05) is 26.6 Å². The van der Waals surface area contributed by atoms with Crippen LogP contribution in [-0.4, -0.2) is 49.8 Å². The van der Waals surface area contributed by atoms with E-state index in [0.717, 1.165) is 29.3 Å². The molecule has 0 radical (unpaired) electrons. The fraction of sp³-hybridized carbons (Fsp3) is 0.500. The van der Waals surface area contributed by atoms with E-state index in [1.54, 1.807) is 6.20 Å². The van der Waals surface area contributed by atoms with Crippen LogP contribution in [0, 0.1) is 0 Å². The highest BCUT2D eigenvalue weighted by Gasteiger charge is 2.25. The first-order valence-electron chi connectivity index (χ1n) is 10.4. The minimum Gasteiger partial charge on any atom is -0.464 e. The first-order chi connectivity index (χ1) is 14.2. The average Bonchev–Trinajstić information content (AvgIpc) is 3.33. The molecule has 0 bridgehead atoms. The van der Waals surface area contributed by atoms with Crippen molar-refractivity contribution in [1.29, 1.82) is 0 Å². The van der Waals surface area contributed by atoms with Crippen LogP contribution in [0.15, 0.2) is 24.4 Å². The molecule has 8 heteroatoms. The summed E-state index contributed by atoms with van der Waals surface area (Å²) in [6.45, 7) is 10.5.